The van der Waals surface area contributed by atoms with Crippen molar-refractivity contribution in [1.29, 1.82) is 0 Å². The van der Waals surface area contributed by atoms with Crippen molar-refractivity contribution in [2.24, 2.45) is 10.9 Å². The molecule has 154 valence electrons. The van der Waals surface area contributed by atoms with E-state index >= 15 is 0 Å². The first-order valence-electron chi connectivity index (χ1n) is 9.58. The highest BCUT2D eigenvalue weighted by molar-refractivity contribution is 14.0. The molecule has 1 heterocycles. The first kappa shape index (κ1) is 24.1. The topological polar surface area (TPSA) is 64.1 Å². The summed E-state index contributed by atoms with van der Waals surface area (Å²) in [5, 5.41) is 6.70. The van der Waals surface area contributed by atoms with Crippen LogP contribution in [0.4, 0.5) is 0 Å². The summed E-state index contributed by atoms with van der Waals surface area (Å²) in [7, 11) is 1.79. The van der Waals surface area contributed by atoms with E-state index in [0.29, 0.717) is 12.5 Å². The molecule has 1 aromatic rings. The summed E-state index contributed by atoms with van der Waals surface area (Å²) in [6, 6.07) is 8.32. The van der Waals surface area contributed by atoms with Crippen molar-refractivity contribution in [3.05, 3.63) is 35.4 Å². The summed E-state index contributed by atoms with van der Waals surface area (Å²) in [5.41, 5.74) is 2.44. The summed E-state index contributed by atoms with van der Waals surface area (Å²) in [6.07, 6.45) is 2.08. The summed E-state index contributed by atoms with van der Waals surface area (Å²) < 4.78 is 16.6. The second-order valence-electron chi connectivity index (χ2n) is 6.42. The van der Waals surface area contributed by atoms with Gasteiger partial charge < -0.3 is 24.8 Å². The molecule has 0 bridgehead atoms. The number of aliphatic imine (C=N–C) groups is 1. The summed E-state index contributed by atoms with van der Waals surface area (Å²) in [5.74, 6) is 1.38. The van der Waals surface area contributed by atoms with Gasteiger partial charge in [0.1, 0.15) is 0 Å². The molecule has 2 rings (SSSR count). The Bertz CT molecular complexity index is 537. The van der Waals surface area contributed by atoms with Gasteiger partial charge in [-0.2, -0.15) is 0 Å². The van der Waals surface area contributed by atoms with Crippen LogP contribution in [0.5, 0.6) is 0 Å². The van der Waals surface area contributed by atoms with Gasteiger partial charge in [0.15, 0.2) is 5.96 Å². The van der Waals surface area contributed by atoms with Crippen molar-refractivity contribution in [1.82, 2.24) is 10.6 Å². The Balaban J connectivity index is 0.00000364. The van der Waals surface area contributed by atoms with E-state index in [2.05, 4.69) is 33.8 Å². The first-order chi connectivity index (χ1) is 12.8. The van der Waals surface area contributed by atoms with Crippen LogP contribution in [0, 0.1) is 5.92 Å². The van der Waals surface area contributed by atoms with Gasteiger partial charge in [-0.1, -0.05) is 24.3 Å². The van der Waals surface area contributed by atoms with Crippen molar-refractivity contribution >= 4 is 29.9 Å². The molecule has 0 spiro atoms. The number of halogens is 1. The number of hydrogen-bond acceptors (Lipinski definition) is 4. The molecule has 2 N–H and O–H groups in total. The third kappa shape index (κ3) is 9.73. The maximum absolute atomic E-state index is 5.72. The van der Waals surface area contributed by atoms with Crippen LogP contribution in [0.15, 0.2) is 29.3 Å². The van der Waals surface area contributed by atoms with E-state index in [1.807, 2.05) is 13.0 Å². The van der Waals surface area contributed by atoms with E-state index in [1.54, 1.807) is 7.05 Å². The van der Waals surface area contributed by atoms with E-state index in [0.717, 1.165) is 64.9 Å². The Morgan fingerprint density at radius 2 is 2.04 bits per heavy atom. The number of nitrogens with one attached hydrogen (secondary N) is 2. The number of ether oxygens (including phenoxy) is 3. The molecule has 6 nitrogen and oxygen atoms in total. The van der Waals surface area contributed by atoms with Crippen LogP contribution in [-0.4, -0.2) is 52.6 Å². The van der Waals surface area contributed by atoms with Crippen LogP contribution in [0.3, 0.4) is 0 Å². The molecule has 1 saturated heterocycles. The van der Waals surface area contributed by atoms with Gasteiger partial charge in [-0.05, 0) is 30.9 Å². The minimum Gasteiger partial charge on any atom is -0.381 e. The van der Waals surface area contributed by atoms with Gasteiger partial charge in [0.05, 0.1) is 19.8 Å². The monoisotopic (exact) mass is 491 g/mol. The first-order valence-corrected chi connectivity index (χ1v) is 9.58. The summed E-state index contributed by atoms with van der Waals surface area (Å²) in [6.45, 7) is 8.23. The molecule has 0 amide bonds. The summed E-state index contributed by atoms with van der Waals surface area (Å²) >= 11 is 0. The van der Waals surface area contributed by atoms with Crippen LogP contribution in [-0.2, 0) is 27.4 Å². The van der Waals surface area contributed by atoms with Gasteiger partial charge in [-0.15, -0.1) is 24.0 Å². The number of guanidine groups is 1. The smallest absolute Gasteiger partial charge is 0.191 e. The standard InChI is InChI=1S/C20H33N3O3.HI/c1-3-24-16-19-8-5-4-7-18(19)13-23-20(21-2)22-10-6-11-25-14-17-9-12-26-15-17;/h4-5,7-8,17H,3,6,9-16H2,1-2H3,(H2,21,22,23);1H. The molecule has 1 aliphatic heterocycles. The quantitative estimate of drug-likeness (QED) is 0.216. The molecule has 0 aliphatic carbocycles. The third-order valence-corrected chi connectivity index (χ3v) is 4.39. The maximum atomic E-state index is 5.72. The fourth-order valence-electron chi connectivity index (χ4n) is 2.83. The molecule has 1 atom stereocenters. The third-order valence-electron chi connectivity index (χ3n) is 4.39. The average Bonchev–Trinajstić information content (AvgIpc) is 3.19. The highest BCUT2D eigenvalue weighted by Gasteiger charge is 2.15. The molecule has 1 aromatic carbocycles. The molecule has 1 unspecified atom stereocenters. The van der Waals surface area contributed by atoms with Gasteiger partial charge in [-0.3, -0.25) is 4.99 Å². The molecule has 0 aromatic heterocycles. The van der Waals surface area contributed by atoms with E-state index in [9.17, 15) is 0 Å². The predicted molar refractivity (Wildman–Crippen MR) is 120 cm³/mol. The molecule has 1 aliphatic rings. The lowest BCUT2D eigenvalue weighted by atomic mass is 10.1. The number of nitrogens with zero attached hydrogens (tertiary/aromatic N) is 1. The van der Waals surface area contributed by atoms with Crippen LogP contribution in [0.25, 0.3) is 0 Å². The van der Waals surface area contributed by atoms with Gasteiger partial charge in [0.25, 0.3) is 0 Å². The lowest BCUT2D eigenvalue weighted by molar-refractivity contribution is 0.0888. The second kappa shape index (κ2) is 15.1. The fourth-order valence-corrected chi connectivity index (χ4v) is 2.83. The minimum absolute atomic E-state index is 0. The largest absolute Gasteiger partial charge is 0.381 e. The van der Waals surface area contributed by atoms with Crippen LogP contribution < -0.4 is 10.6 Å². The Hall–Kier alpha value is -0.900. The van der Waals surface area contributed by atoms with E-state index < -0.39 is 0 Å². The summed E-state index contributed by atoms with van der Waals surface area (Å²) in [4.78, 5) is 4.28. The average molecular weight is 491 g/mol. The zero-order valence-corrected chi connectivity index (χ0v) is 18.9. The predicted octanol–water partition coefficient (Wildman–Crippen LogP) is 2.95. The molecule has 0 saturated carbocycles. The Morgan fingerprint density at radius 3 is 2.74 bits per heavy atom. The van der Waals surface area contributed by atoms with Crippen molar-refractivity contribution in [3.8, 4) is 0 Å². The highest BCUT2D eigenvalue weighted by Crippen LogP contribution is 2.12. The SMILES string of the molecule is CCOCc1ccccc1CNC(=NC)NCCCOCC1CCOC1.I. The lowest BCUT2D eigenvalue weighted by Gasteiger charge is -2.14. The van der Waals surface area contributed by atoms with E-state index in [-0.39, 0.29) is 24.0 Å². The van der Waals surface area contributed by atoms with Gasteiger partial charge >= 0.3 is 0 Å². The van der Waals surface area contributed by atoms with Crippen molar-refractivity contribution < 1.29 is 14.2 Å². The molecule has 1 fully saturated rings. The van der Waals surface area contributed by atoms with Crippen molar-refractivity contribution in [3.63, 3.8) is 0 Å². The normalized spacial score (nSPS) is 16.8. The Morgan fingerprint density at radius 1 is 1.22 bits per heavy atom. The maximum Gasteiger partial charge on any atom is 0.191 e. The van der Waals surface area contributed by atoms with Gasteiger partial charge in [0, 0.05) is 45.9 Å². The van der Waals surface area contributed by atoms with Crippen LogP contribution in [0.2, 0.25) is 0 Å². The molecule has 0 radical (unpaired) electrons. The van der Waals surface area contributed by atoms with Crippen molar-refractivity contribution in [2.45, 2.75) is 32.9 Å². The van der Waals surface area contributed by atoms with Gasteiger partial charge in [-0.25, -0.2) is 0 Å². The molecule has 27 heavy (non-hydrogen) atoms. The Kier molecular flexibility index (Phi) is 13.5. The number of rotatable bonds is 11. The zero-order valence-electron chi connectivity index (χ0n) is 16.5. The molecule has 7 heteroatoms. The Labute approximate surface area is 180 Å². The molecular formula is C20H34IN3O3. The van der Waals surface area contributed by atoms with Crippen LogP contribution in [0.1, 0.15) is 30.9 Å². The highest BCUT2D eigenvalue weighted by atomic mass is 127. The number of hydrogen-bond donors (Lipinski definition) is 2. The molecular weight excluding hydrogens is 457 g/mol. The second-order valence-corrected chi connectivity index (χ2v) is 6.42. The van der Waals surface area contributed by atoms with Crippen LogP contribution >= 0.6 is 24.0 Å². The number of benzene rings is 1. The van der Waals surface area contributed by atoms with E-state index in [4.69, 9.17) is 14.2 Å². The van der Waals surface area contributed by atoms with Crippen molar-refractivity contribution in [2.75, 3.05) is 46.6 Å². The zero-order chi connectivity index (χ0) is 18.5. The fraction of sp³-hybridized carbons (Fsp3) is 0.650. The van der Waals surface area contributed by atoms with Gasteiger partial charge in [0.2, 0.25) is 0 Å². The lowest BCUT2D eigenvalue weighted by Crippen LogP contribution is -2.37. The van der Waals surface area contributed by atoms with E-state index in [1.165, 1.54) is 11.1 Å². The minimum atomic E-state index is 0.